The lowest BCUT2D eigenvalue weighted by Gasteiger charge is -2.25. The van der Waals surface area contributed by atoms with E-state index in [0.717, 1.165) is 0 Å². The van der Waals surface area contributed by atoms with Crippen LogP contribution in [0.4, 0.5) is 0 Å². The highest BCUT2D eigenvalue weighted by Crippen LogP contribution is 2.21. The third-order valence-corrected chi connectivity index (χ3v) is 5.62. The number of rotatable bonds is 26. The Morgan fingerprint density at radius 2 is 0.765 bits per heavy atom. The fourth-order valence-corrected chi connectivity index (χ4v) is 3.61. The third kappa shape index (κ3) is 29.8. The van der Waals surface area contributed by atoms with Gasteiger partial charge in [0.25, 0.3) is 0 Å². The highest BCUT2D eigenvalue weighted by atomic mass is 16.5. The second-order valence-electron chi connectivity index (χ2n) is 8.94. The Morgan fingerprint density at radius 1 is 0.441 bits per heavy atom. The number of hydrogen-bond donors (Lipinski definition) is 2. The fraction of sp³-hybridized carbons (Fsp3) is 1.00. The van der Waals surface area contributed by atoms with Crippen molar-refractivity contribution in [2.75, 3.05) is 52.9 Å². The van der Waals surface area contributed by atoms with Crippen LogP contribution in [-0.2, 0) is 18.9 Å². The van der Waals surface area contributed by atoms with Gasteiger partial charge in [-0.05, 0) is 25.7 Å². The van der Waals surface area contributed by atoms with E-state index in [4.69, 9.17) is 29.2 Å². The molecule has 0 radical (unpaired) electrons. The van der Waals surface area contributed by atoms with E-state index in [0.29, 0.717) is 51.8 Å². The van der Waals surface area contributed by atoms with Crippen LogP contribution >= 0.6 is 0 Å². The Bertz CT molecular complexity index is 313. The fourth-order valence-electron chi connectivity index (χ4n) is 3.61. The largest absolute Gasteiger partial charge is 0.394 e. The first-order valence-corrected chi connectivity index (χ1v) is 14.3. The van der Waals surface area contributed by atoms with Gasteiger partial charge in [0.05, 0.1) is 65.1 Å². The highest BCUT2D eigenvalue weighted by Gasteiger charge is 2.16. The maximum Gasteiger partial charge on any atom is 0.0701 e. The normalized spacial score (nSPS) is 12.9. The van der Waals surface area contributed by atoms with Gasteiger partial charge in [0.1, 0.15) is 0 Å². The van der Waals surface area contributed by atoms with Gasteiger partial charge >= 0.3 is 0 Å². The van der Waals surface area contributed by atoms with Gasteiger partial charge in [-0.3, -0.25) is 0 Å². The molecule has 0 amide bonds. The molecule has 6 heteroatoms. The van der Waals surface area contributed by atoms with Gasteiger partial charge in [-0.1, -0.05) is 91.9 Å². The van der Waals surface area contributed by atoms with Crippen molar-refractivity contribution in [3.8, 4) is 0 Å². The molecule has 6 nitrogen and oxygen atoms in total. The average molecular weight is 493 g/mol. The van der Waals surface area contributed by atoms with Gasteiger partial charge in [0.2, 0.25) is 0 Å². The van der Waals surface area contributed by atoms with Gasteiger partial charge in [-0.25, -0.2) is 0 Å². The molecule has 0 aromatic carbocycles. The summed E-state index contributed by atoms with van der Waals surface area (Å²) < 4.78 is 21.6. The molecule has 0 saturated heterocycles. The van der Waals surface area contributed by atoms with E-state index >= 15 is 0 Å². The van der Waals surface area contributed by atoms with E-state index in [2.05, 4.69) is 27.7 Å². The van der Waals surface area contributed by atoms with E-state index < -0.39 is 0 Å². The molecule has 0 heterocycles. The molecule has 0 aliphatic carbocycles. The molecule has 0 rings (SSSR count). The van der Waals surface area contributed by atoms with Crippen LogP contribution in [0.25, 0.3) is 0 Å². The summed E-state index contributed by atoms with van der Waals surface area (Å²) in [6, 6.07) is 0. The van der Waals surface area contributed by atoms with Crippen LogP contribution in [0.15, 0.2) is 0 Å². The summed E-state index contributed by atoms with van der Waals surface area (Å²) in [5.41, 5.74) is 0. The van der Waals surface area contributed by atoms with Crippen molar-refractivity contribution in [2.24, 2.45) is 0 Å². The molecule has 0 aromatic rings. The monoisotopic (exact) mass is 492 g/mol. The smallest absolute Gasteiger partial charge is 0.0701 e. The Hall–Kier alpha value is -0.240. The summed E-state index contributed by atoms with van der Waals surface area (Å²) in [7, 11) is 0. The molecule has 2 N–H and O–H groups in total. The van der Waals surface area contributed by atoms with Crippen molar-refractivity contribution in [3.05, 3.63) is 0 Å². The van der Waals surface area contributed by atoms with E-state index in [1.807, 2.05) is 0 Å². The molecule has 0 aliphatic rings. The highest BCUT2D eigenvalue weighted by molar-refractivity contribution is 4.66. The van der Waals surface area contributed by atoms with E-state index in [-0.39, 0.29) is 13.2 Å². The van der Waals surface area contributed by atoms with Crippen molar-refractivity contribution < 1.29 is 29.2 Å². The lowest BCUT2D eigenvalue weighted by molar-refractivity contribution is -0.0320. The topological polar surface area (TPSA) is 77.4 Å². The first-order chi connectivity index (χ1) is 16.7. The van der Waals surface area contributed by atoms with Crippen molar-refractivity contribution in [1.82, 2.24) is 0 Å². The maximum absolute atomic E-state index is 8.36. The minimum atomic E-state index is 0.0413. The van der Waals surface area contributed by atoms with E-state index in [1.165, 1.54) is 89.9 Å². The van der Waals surface area contributed by atoms with Crippen LogP contribution in [-0.4, -0.2) is 75.3 Å². The van der Waals surface area contributed by atoms with Crippen LogP contribution in [0.1, 0.15) is 118 Å². The molecular weight excluding hydrogens is 432 g/mol. The lowest BCUT2D eigenvalue weighted by Crippen LogP contribution is -2.22. The Balaban J connectivity index is 0. The summed E-state index contributed by atoms with van der Waals surface area (Å²) in [4.78, 5) is 0. The first kappa shape index (κ1) is 35.9. The summed E-state index contributed by atoms with van der Waals surface area (Å²) >= 11 is 0. The molecule has 2 atom stereocenters. The third-order valence-electron chi connectivity index (χ3n) is 5.62. The van der Waals surface area contributed by atoms with Gasteiger partial charge < -0.3 is 29.2 Å². The zero-order chi connectivity index (χ0) is 25.5. The van der Waals surface area contributed by atoms with Crippen molar-refractivity contribution in [1.29, 1.82) is 0 Å². The molecular formula is C28H60O6. The van der Waals surface area contributed by atoms with Gasteiger partial charge in [-0.15, -0.1) is 0 Å². The summed E-state index contributed by atoms with van der Waals surface area (Å²) in [6.45, 7) is 11.9. The second-order valence-corrected chi connectivity index (χ2v) is 8.94. The van der Waals surface area contributed by atoms with Crippen molar-refractivity contribution in [2.45, 2.75) is 130 Å². The molecule has 0 bridgehead atoms. The van der Waals surface area contributed by atoms with Crippen LogP contribution in [0.2, 0.25) is 0 Å². The molecule has 0 fully saturated rings. The van der Waals surface area contributed by atoms with Crippen molar-refractivity contribution in [3.63, 3.8) is 0 Å². The van der Waals surface area contributed by atoms with Crippen LogP contribution in [0.3, 0.4) is 0 Å². The first-order valence-electron chi connectivity index (χ1n) is 14.3. The number of unbranched alkanes of at least 4 members (excludes halogenated alkanes) is 6. The number of ether oxygens (including phenoxy) is 4. The number of hydrogen-bond acceptors (Lipinski definition) is 6. The van der Waals surface area contributed by atoms with Crippen LogP contribution < -0.4 is 0 Å². The predicted octanol–water partition coefficient (Wildman–Crippen LogP) is 6.30. The SMILES string of the molecule is CCCCCC(CCCC)OC(CCCC)CCCCC.OCCOCCOCCOCCO. The Labute approximate surface area is 212 Å². The van der Waals surface area contributed by atoms with Gasteiger partial charge in [0, 0.05) is 0 Å². The molecule has 208 valence electrons. The predicted molar refractivity (Wildman–Crippen MR) is 143 cm³/mol. The molecule has 0 aliphatic heterocycles. The minimum absolute atomic E-state index is 0.0413. The summed E-state index contributed by atoms with van der Waals surface area (Å²) in [5, 5.41) is 16.7. The van der Waals surface area contributed by atoms with Gasteiger partial charge in [0.15, 0.2) is 0 Å². The zero-order valence-electron chi connectivity index (χ0n) is 23.2. The summed E-state index contributed by atoms with van der Waals surface area (Å²) in [6.07, 6.45) is 19.5. The van der Waals surface area contributed by atoms with E-state index in [9.17, 15) is 0 Å². The lowest BCUT2D eigenvalue weighted by atomic mass is 10.0. The average Bonchev–Trinajstić information content (AvgIpc) is 2.85. The van der Waals surface area contributed by atoms with Crippen LogP contribution in [0, 0.1) is 0 Å². The molecule has 0 spiro atoms. The van der Waals surface area contributed by atoms with Crippen LogP contribution in [0.5, 0.6) is 0 Å². The molecule has 0 aromatic heterocycles. The summed E-state index contributed by atoms with van der Waals surface area (Å²) in [5.74, 6) is 0. The second kappa shape index (κ2) is 32.8. The standard InChI is InChI=1S/C20H42O.C8H18O5/c1-5-9-13-17-19(15-11-7-3)21-20(16-12-8-4)18-14-10-6-2;9-1-3-11-5-7-13-8-6-12-4-2-10/h19-20H,5-18H2,1-4H3;9-10H,1-8H2. The Kier molecular flexibility index (Phi) is 34.6. The Morgan fingerprint density at radius 3 is 1.09 bits per heavy atom. The van der Waals surface area contributed by atoms with Gasteiger partial charge in [-0.2, -0.15) is 0 Å². The molecule has 0 saturated carbocycles. The minimum Gasteiger partial charge on any atom is -0.394 e. The quantitative estimate of drug-likeness (QED) is 0.138. The number of aliphatic hydroxyl groups excluding tert-OH is 2. The van der Waals surface area contributed by atoms with Crippen molar-refractivity contribution >= 4 is 0 Å². The van der Waals surface area contributed by atoms with E-state index in [1.54, 1.807) is 0 Å². The number of aliphatic hydroxyl groups is 2. The maximum atomic E-state index is 8.36. The molecule has 34 heavy (non-hydrogen) atoms. The zero-order valence-corrected chi connectivity index (χ0v) is 23.2. The molecule has 2 unspecified atom stereocenters.